The van der Waals surface area contributed by atoms with Crippen molar-refractivity contribution < 1.29 is 18.0 Å². The highest BCUT2D eigenvalue weighted by molar-refractivity contribution is 5.90. The average molecular weight is 463 g/mol. The fourth-order valence-electron chi connectivity index (χ4n) is 4.52. The number of piperidine rings is 1. The molecule has 5 rings (SSSR count). The Bertz CT molecular complexity index is 1320. The number of fused-ring (bicyclic) bond motifs is 1. The molecule has 0 radical (unpaired) electrons. The Morgan fingerprint density at radius 2 is 1.88 bits per heavy atom. The van der Waals surface area contributed by atoms with Gasteiger partial charge in [-0.1, -0.05) is 36.4 Å². The molecule has 176 valence electrons. The summed E-state index contributed by atoms with van der Waals surface area (Å²) in [5.74, 6) is 0.395. The van der Waals surface area contributed by atoms with Crippen molar-refractivity contribution in [3.05, 3.63) is 70.9 Å². The molecule has 7 nitrogen and oxygen atoms in total. The Hall–Kier alpha value is -3.52. The Morgan fingerprint density at radius 3 is 2.65 bits per heavy atom. The van der Waals surface area contributed by atoms with Gasteiger partial charge < -0.3 is 14.2 Å². The largest absolute Gasteiger partial charge is 0.450 e. The minimum Gasteiger partial charge on any atom is -0.450 e. The fraction of sp³-hybridized carbons (Fsp3) is 0.346. The number of rotatable bonds is 6. The molecule has 8 heteroatoms. The lowest BCUT2D eigenvalue weighted by atomic mass is 9.96. The van der Waals surface area contributed by atoms with Gasteiger partial charge in [-0.05, 0) is 57.3 Å². The molecule has 1 aliphatic heterocycles. The van der Waals surface area contributed by atoms with Crippen LogP contribution in [0.1, 0.15) is 40.2 Å². The monoisotopic (exact) mass is 462 g/mol. The molecule has 2 aromatic carbocycles. The summed E-state index contributed by atoms with van der Waals surface area (Å²) in [6, 6.07) is 12.8. The van der Waals surface area contributed by atoms with Gasteiger partial charge in [0.2, 0.25) is 0 Å². The number of nitrogens with zero attached hydrogens (tertiary/aromatic N) is 3. The van der Waals surface area contributed by atoms with E-state index in [1.807, 2.05) is 44.2 Å². The predicted molar refractivity (Wildman–Crippen MR) is 126 cm³/mol. The van der Waals surface area contributed by atoms with Gasteiger partial charge in [0.15, 0.2) is 5.76 Å². The molecule has 4 aromatic rings. The van der Waals surface area contributed by atoms with Crippen LogP contribution in [0.2, 0.25) is 0 Å². The van der Waals surface area contributed by atoms with E-state index in [2.05, 4.69) is 20.4 Å². The topological polar surface area (TPSA) is 84.4 Å². The number of hydrogen-bond acceptors (Lipinski definition) is 6. The molecule has 1 N–H and O–H groups in total. The average Bonchev–Trinajstić information content (AvgIpc) is 3.46. The highest BCUT2D eigenvalue weighted by Gasteiger charge is 2.24. The number of amides is 1. The summed E-state index contributed by atoms with van der Waals surface area (Å²) in [7, 11) is 0. The molecule has 0 saturated carbocycles. The third-order valence-electron chi connectivity index (χ3n) is 6.58. The molecule has 3 heterocycles. The first-order valence-corrected chi connectivity index (χ1v) is 11.6. The first kappa shape index (κ1) is 22.3. The zero-order chi connectivity index (χ0) is 23.7. The zero-order valence-corrected chi connectivity index (χ0v) is 19.3. The fourth-order valence-corrected chi connectivity index (χ4v) is 4.52. The number of aryl methyl sites for hydroxylation is 2. The van der Waals surface area contributed by atoms with E-state index < -0.39 is 5.91 Å². The summed E-state index contributed by atoms with van der Waals surface area (Å²) in [6.07, 6.45) is 1.86. The van der Waals surface area contributed by atoms with Crippen molar-refractivity contribution in [2.75, 3.05) is 19.6 Å². The smallest absolute Gasteiger partial charge is 0.308 e. The van der Waals surface area contributed by atoms with Crippen LogP contribution in [0.4, 0.5) is 4.39 Å². The van der Waals surface area contributed by atoms with Gasteiger partial charge in [-0.15, -0.1) is 10.2 Å². The van der Waals surface area contributed by atoms with E-state index in [0.717, 1.165) is 53.6 Å². The van der Waals surface area contributed by atoms with Crippen LogP contribution in [0, 0.1) is 25.6 Å². The van der Waals surface area contributed by atoms with Gasteiger partial charge in [0.25, 0.3) is 5.89 Å². The zero-order valence-electron chi connectivity index (χ0n) is 19.3. The molecule has 0 atom stereocenters. The number of benzene rings is 2. The Kier molecular flexibility index (Phi) is 6.15. The molecular weight excluding hydrogens is 435 g/mol. The molecule has 1 aliphatic rings. The maximum absolute atomic E-state index is 13.9. The first-order valence-electron chi connectivity index (χ1n) is 11.6. The third-order valence-corrected chi connectivity index (χ3v) is 6.58. The molecule has 0 spiro atoms. The molecule has 0 bridgehead atoms. The Labute approximate surface area is 197 Å². The second-order valence-corrected chi connectivity index (χ2v) is 8.94. The maximum Gasteiger partial charge on any atom is 0.308 e. The van der Waals surface area contributed by atoms with Gasteiger partial charge >= 0.3 is 11.8 Å². The van der Waals surface area contributed by atoms with Gasteiger partial charge in [0.05, 0.1) is 0 Å². The molecule has 2 aromatic heterocycles. The number of nitrogens with one attached hydrogen (secondary N) is 1. The quantitative estimate of drug-likeness (QED) is 0.440. The van der Waals surface area contributed by atoms with Crippen LogP contribution < -0.4 is 5.32 Å². The lowest BCUT2D eigenvalue weighted by molar-refractivity contribution is 0.0901. The van der Waals surface area contributed by atoms with Crippen LogP contribution in [0.15, 0.2) is 51.3 Å². The van der Waals surface area contributed by atoms with E-state index in [1.165, 1.54) is 6.07 Å². The SMILES string of the molecule is Cc1c(-c2nnc(C(=O)NCC3CCN(Cc4ccccc4F)CC3)o2)oc2c(C)cccc12. The molecule has 1 saturated heterocycles. The minimum absolute atomic E-state index is 0.0800. The van der Waals surface area contributed by atoms with Gasteiger partial charge in [-0.25, -0.2) is 4.39 Å². The Morgan fingerprint density at radius 1 is 1.09 bits per heavy atom. The van der Waals surface area contributed by atoms with Crippen LogP contribution in [-0.4, -0.2) is 40.6 Å². The van der Waals surface area contributed by atoms with E-state index in [1.54, 1.807) is 6.07 Å². The van der Waals surface area contributed by atoms with Crippen molar-refractivity contribution in [3.8, 4) is 11.7 Å². The maximum atomic E-state index is 13.9. The van der Waals surface area contributed by atoms with Crippen LogP contribution in [0.25, 0.3) is 22.6 Å². The lowest BCUT2D eigenvalue weighted by Crippen LogP contribution is -2.38. The first-order chi connectivity index (χ1) is 16.5. The molecule has 1 fully saturated rings. The van der Waals surface area contributed by atoms with E-state index >= 15 is 0 Å². The minimum atomic E-state index is -0.391. The van der Waals surface area contributed by atoms with Crippen molar-refractivity contribution in [2.45, 2.75) is 33.2 Å². The van der Waals surface area contributed by atoms with E-state index in [0.29, 0.717) is 24.8 Å². The highest BCUT2D eigenvalue weighted by Crippen LogP contribution is 2.33. The number of halogens is 1. The van der Waals surface area contributed by atoms with Gasteiger partial charge in [-0.2, -0.15) is 0 Å². The number of likely N-dealkylation sites (tertiary alicyclic amines) is 1. The predicted octanol–water partition coefficient (Wildman–Crippen LogP) is 4.88. The van der Waals surface area contributed by atoms with Crippen LogP contribution in [0.5, 0.6) is 0 Å². The Balaban J connectivity index is 1.16. The van der Waals surface area contributed by atoms with Crippen LogP contribution >= 0.6 is 0 Å². The molecule has 34 heavy (non-hydrogen) atoms. The lowest BCUT2D eigenvalue weighted by Gasteiger charge is -2.32. The van der Waals surface area contributed by atoms with Crippen LogP contribution in [-0.2, 0) is 6.54 Å². The summed E-state index contributed by atoms with van der Waals surface area (Å²) < 4.78 is 25.5. The number of hydrogen-bond donors (Lipinski definition) is 1. The highest BCUT2D eigenvalue weighted by atomic mass is 19.1. The summed E-state index contributed by atoms with van der Waals surface area (Å²) in [5, 5.41) is 11.9. The molecular formula is C26H27FN4O3. The van der Waals surface area contributed by atoms with E-state index in [4.69, 9.17) is 8.83 Å². The van der Waals surface area contributed by atoms with E-state index in [-0.39, 0.29) is 17.6 Å². The van der Waals surface area contributed by atoms with E-state index in [9.17, 15) is 9.18 Å². The summed E-state index contributed by atoms with van der Waals surface area (Å²) in [5.41, 5.74) is 3.41. The van der Waals surface area contributed by atoms with Gasteiger partial charge in [0, 0.05) is 29.6 Å². The summed E-state index contributed by atoms with van der Waals surface area (Å²) in [4.78, 5) is 14.8. The second-order valence-electron chi connectivity index (χ2n) is 8.94. The number of furan rings is 1. The number of aromatic nitrogens is 2. The van der Waals surface area contributed by atoms with Crippen molar-refractivity contribution in [1.82, 2.24) is 20.4 Å². The second kappa shape index (κ2) is 9.38. The van der Waals surface area contributed by atoms with Gasteiger partial charge in [0.1, 0.15) is 11.4 Å². The number of carbonyl (C=O) groups is 1. The van der Waals surface area contributed by atoms with Crippen molar-refractivity contribution in [1.29, 1.82) is 0 Å². The number of para-hydroxylation sites is 1. The third kappa shape index (κ3) is 4.46. The van der Waals surface area contributed by atoms with Crippen molar-refractivity contribution >= 4 is 16.9 Å². The normalized spacial score (nSPS) is 15.1. The van der Waals surface area contributed by atoms with Gasteiger partial charge in [-0.3, -0.25) is 9.69 Å². The standard InChI is InChI=1S/C26H27FN4O3/c1-16-6-5-8-20-17(2)23(33-22(16)20)25-29-30-26(34-25)24(32)28-14-18-10-12-31(13-11-18)15-19-7-3-4-9-21(19)27/h3-9,18H,10-15H2,1-2H3,(H,28,32). The molecule has 0 aliphatic carbocycles. The molecule has 0 unspecified atom stereocenters. The van der Waals surface area contributed by atoms with Crippen molar-refractivity contribution in [2.24, 2.45) is 5.92 Å². The molecule has 1 amide bonds. The number of carbonyl (C=O) groups excluding carboxylic acids is 1. The van der Waals surface area contributed by atoms with Crippen LogP contribution in [0.3, 0.4) is 0 Å². The van der Waals surface area contributed by atoms with Crippen molar-refractivity contribution in [3.63, 3.8) is 0 Å². The summed E-state index contributed by atoms with van der Waals surface area (Å²) >= 11 is 0. The summed E-state index contributed by atoms with van der Waals surface area (Å²) in [6.45, 7) is 6.79.